The first-order chi connectivity index (χ1) is 16.0. The Bertz CT molecular complexity index is 1470. The van der Waals surface area contributed by atoms with E-state index < -0.39 is 8.22 Å². The van der Waals surface area contributed by atoms with Gasteiger partial charge >= 0.3 is 5.63 Å². The maximum Gasteiger partial charge on any atom is 0.344 e. The van der Waals surface area contributed by atoms with E-state index in [-0.39, 0.29) is 5.63 Å². The summed E-state index contributed by atoms with van der Waals surface area (Å²) in [5, 5.41) is 2.21. The number of benzene rings is 3. The molecule has 33 heavy (non-hydrogen) atoms. The molecule has 0 aliphatic carbocycles. The predicted octanol–water partition coefficient (Wildman–Crippen LogP) is 6.67. The highest BCUT2D eigenvalue weighted by Gasteiger charge is 2.19. The second kappa shape index (κ2) is 9.74. The summed E-state index contributed by atoms with van der Waals surface area (Å²) in [6, 6.07) is 21.0. The number of fused-ring (bicyclic) bond motifs is 3. The van der Waals surface area contributed by atoms with Crippen LogP contribution in [-0.2, 0) is 0 Å². The zero-order valence-corrected chi connectivity index (χ0v) is 18.9. The third kappa shape index (κ3) is 4.40. The molecule has 0 aliphatic rings. The van der Waals surface area contributed by atoms with E-state index in [9.17, 15) is 9.70 Å². The molecule has 1 unspecified atom stereocenters. The summed E-state index contributed by atoms with van der Waals surface area (Å²) in [6.45, 7) is 3.66. The SMILES string of the molecule is C=C/C=C\C=C(/N(C)c1ccccc1-c1ccc2c(=O)oc3ccccc3c2c1)P(N)N=O. The lowest BCUT2D eigenvalue weighted by atomic mass is 9.98. The molecule has 1 aromatic heterocycles. The number of para-hydroxylation sites is 2. The average Bonchev–Trinajstić information content (AvgIpc) is 2.86. The van der Waals surface area contributed by atoms with Crippen LogP contribution in [0.4, 0.5) is 5.69 Å². The molecule has 0 saturated heterocycles. The highest BCUT2D eigenvalue weighted by molar-refractivity contribution is 7.58. The highest BCUT2D eigenvalue weighted by Crippen LogP contribution is 2.43. The van der Waals surface area contributed by atoms with Crippen molar-refractivity contribution in [1.29, 1.82) is 0 Å². The Morgan fingerprint density at radius 2 is 1.79 bits per heavy atom. The molecule has 7 heteroatoms. The van der Waals surface area contributed by atoms with Crippen molar-refractivity contribution in [2.45, 2.75) is 0 Å². The summed E-state index contributed by atoms with van der Waals surface area (Å²) in [5.74, 6) is 0. The van der Waals surface area contributed by atoms with Crippen LogP contribution in [0, 0.1) is 4.91 Å². The number of nitroso groups, excluding NO2 is 1. The average molecular weight is 455 g/mol. The number of allylic oxidation sites excluding steroid dienone is 4. The number of hydrogen-bond donors (Lipinski definition) is 1. The van der Waals surface area contributed by atoms with Gasteiger partial charge in [0.2, 0.25) is 0 Å². The fraction of sp³-hybridized carbons (Fsp3) is 0.0385. The number of anilines is 1. The third-order valence-corrected chi connectivity index (χ3v) is 6.45. The van der Waals surface area contributed by atoms with Gasteiger partial charge in [-0.1, -0.05) is 67.3 Å². The van der Waals surface area contributed by atoms with Gasteiger partial charge in [0, 0.05) is 29.1 Å². The van der Waals surface area contributed by atoms with E-state index in [0.29, 0.717) is 16.4 Å². The zero-order chi connectivity index (χ0) is 23.4. The second-order valence-electron chi connectivity index (χ2n) is 7.29. The van der Waals surface area contributed by atoms with Gasteiger partial charge in [0.15, 0.2) is 8.22 Å². The molecule has 6 nitrogen and oxygen atoms in total. The third-order valence-electron chi connectivity index (χ3n) is 5.35. The smallest absolute Gasteiger partial charge is 0.344 e. The normalized spacial score (nSPS) is 12.8. The molecule has 3 aromatic carbocycles. The Balaban J connectivity index is 1.90. The first-order valence-corrected chi connectivity index (χ1v) is 11.6. The van der Waals surface area contributed by atoms with Crippen LogP contribution in [0.1, 0.15) is 0 Å². The van der Waals surface area contributed by atoms with Crippen molar-refractivity contribution in [1.82, 2.24) is 0 Å². The Morgan fingerprint density at radius 3 is 2.58 bits per heavy atom. The molecule has 0 aliphatic heterocycles. The lowest BCUT2D eigenvalue weighted by Crippen LogP contribution is -2.17. The molecular weight excluding hydrogens is 433 g/mol. The summed E-state index contributed by atoms with van der Waals surface area (Å²) >= 11 is 0. The predicted molar refractivity (Wildman–Crippen MR) is 138 cm³/mol. The summed E-state index contributed by atoms with van der Waals surface area (Å²) < 4.78 is 5.46. The number of hydrogen-bond acceptors (Lipinski definition) is 6. The van der Waals surface area contributed by atoms with Gasteiger partial charge in [-0.15, -0.1) is 4.91 Å². The van der Waals surface area contributed by atoms with Gasteiger partial charge in [-0.3, -0.25) is 5.50 Å². The lowest BCUT2D eigenvalue weighted by Gasteiger charge is -2.26. The Kier molecular flexibility index (Phi) is 6.59. The van der Waals surface area contributed by atoms with Crippen molar-refractivity contribution in [3.63, 3.8) is 0 Å². The summed E-state index contributed by atoms with van der Waals surface area (Å²) in [6.07, 6.45) is 6.94. The number of rotatable bonds is 7. The minimum absolute atomic E-state index is 0.370. The van der Waals surface area contributed by atoms with Crippen LogP contribution < -0.4 is 16.0 Å². The van der Waals surface area contributed by atoms with E-state index in [2.05, 4.69) is 11.5 Å². The number of nitrogens with two attached hydrogens (primary N) is 1. The molecule has 1 atom stereocenters. The Morgan fingerprint density at radius 1 is 1.03 bits per heavy atom. The maximum atomic E-state index is 12.5. The van der Waals surface area contributed by atoms with Crippen LogP contribution in [0.5, 0.6) is 0 Å². The van der Waals surface area contributed by atoms with Crippen molar-refractivity contribution in [3.05, 3.63) is 118 Å². The summed E-state index contributed by atoms with van der Waals surface area (Å²) in [4.78, 5) is 28.7. The van der Waals surface area contributed by atoms with E-state index in [1.807, 2.05) is 66.5 Å². The molecule has 4 aromatic rings. The first kappa shape index (κ1) is 22.3. The van der Waals surface area contributed by atoms with Gasteiger partial charge in [-0.25, -0.2) is 4.79 Å². The van der Waals surface area contributed by atoms with E-state index in [0.717, 1.165) is 27.6 Å². The van der Waals surface area contributed by atoms with Crippen molar-refractivity contribution < 1.29 is 4.42 Å². The molecule has 0 bridgehead atoms. The molecule has 0 fully saturated rings. The van der Waals surface area contributed by atoms with Gasteiger partial charge < -0.3 is 9.32 Å². The van der Waals surface area contributed by atoms with Crippen molar-refractivity contribution in [3.8, 4) is 11.1 Å². The zero-order valence-electron chi connectivity index (χ0n) is 18.0. The van der Waals surface area contributed by atoms with Crippen LogP contribution >= 0.6 is 8.22 Å². The van der Waals surface area contributed by atoms with Gasteiger partial charge in [0.05, 0.1) is 10.8 Å². The van der Waals surface area contributed by atoms with Crippen LogP contribution in [-0.4, -0.2) is 7.05 Å². The Labute approximate surface area is 192 Å². The minimum Gasteiger partial charge on any atom is -0.422 e. The first-order valence-electron chi connectivity index (χ1n) is 10.2. The fourth-order valence-corrected chi connectivity index (χ4v) is 4.52. The monoisotopic (exact) mass is 455 g/mol. The van der Waals surface area contributed by atoms with Crippen molar-refractivity contribution in [2.75, 3.05) is 11.9 Å². The van der Waals surface area contributed by atoms with Crippen LogP contribution in [0.3, 0.4) is 0 Å². The molecular formula is C26H22N3O3P. The standard InChI is InChI=1S/C26H22N3O3P/c1-3-4-5-14-25(33(27)28-31)29(2)23-12-8-6-10-19(23)18-15-16-21-22(17-18)20-11-7-9-13-24(20)32-26(21)30/h3-17H,1,27H2,2H3/b5-4-,25-14+. The van der Waals surface area contributed by atoms with Gasteiger partial charge in [-0.05, 0) is 40.9 Å². The van der Waals surface area contributed by atoms with Crippen LogP contribution in [0.2, 0.25) is 0 Å². The topological polar surface area (TPSA) is 88.9 Å². The Hall–Kier alpha value is -3.86. The van der Waals surface area contributed by atoms with Crippen molar-refractivity contribution >= 4 is 35.7 Å². The van der Waals surface area contributed by atoms with E-state index >= 15 is 0 Å². The molecule has 0 saturated carbocycles. The van der Waals surface area contributed by atoms with Crippen LogP contribution in [0.25, 0.3) is 32.9 Å². The molecule has 164 valence electrons. The van der Waals surface area contributed by atoms with Crippen LogP contribution in [0.15, 0.2) is 117 Å². The molecule has 4 rings (SSSR count). The molecule has 0 amide bonds. The van der Waals surface area contributed by atoms with Crippen molar-refractivity contribution in [2.24, 2.45) is 10.5 Å². The van der Waals surface area contributed by atoms with Gasteiger partial charge in [0.25, 0.3) is 0 Å². The number of nitrogens with zero attached hydrogens (tertiary/aromatic N) is 2. The molecule has 1 heterocycles. The molecule has 0 spiro atoms. The lowest BCUT2D eigenvalue weighted by molar-refractivity contribution is 0.569. The molecule has 2 N–H and O–H groups in total. The highest BCUT2D eigenvalue weighted by atomic mass is 31.1. The van der Waals surface area contributed by atoms with E-state index in [1.165, 1.54) is 0 Å². The quantitative estimate of drug-likeness (QED) is 0.111. The largest absolute Gasteiger partial charge is 0.422 e. The summed E-state index contributed by atoms with van der Waals surface area (Å²) in [5.41, 5.74) is 9.51. The maximum absolute atomic E-state index is 12.5. The molecule has 0 radical (unpaired) electrons. The minimum atomic E-state index is -1.74. The van der Waals surface area contributed by atoms with E-state index in [1.54, 1.807) is 36.4 Å². The van der Waals surface area contributed by atoms with Gasteiger partial charge in [0.1, 0.15) is 5.58 Å². The van der Waals surface area contributed by atoms with Gasteiger partial charge in [-0.2, -0.15) is 0 Å². The fourth-order valence-electron chi connectivity index (χ4n) is 3.78. The van der Waals surface area contributed by atoms with E-state index in [4.69, 9.17) is 9.92 Å². The summed E-state index contributed by atoms with van der Waals surface area (Å²) in [7, 11) is 0.110. The second-order valence-corrected chi connectivity index (χ2v) is 8.60.